The van der Waals surface area contributed by atoms with Gasteiger partial charge in [-0.2, -0.15) is 0 Å². The SMILES string of the molecule is Cc1ccc(C=CC(=O)NCC(C)(O)CN2CCOCC2)cc1. The zero-order valence-corrected chi connectivity index (χ0v) is 13.9. The fourth-order valence-corrected chi connectivity index (χ4v) is 2.48. The lowest BCUT2D eigenvalue weighted by molar-refractivity contribution is -0.117. The second-order valence-electron chi connectivity index (χ2n) is 6.35. The summed E-state index contributed by atoms with van der Waals surface area (Å²) in [7, 11) is 0. The normalized spacial score (nSPS) is 18.7. The molecule has 1 heterocycles. The molecule has 126 valence electrons. The van der Waals surface area contributed by atoms with Gasteiger partial charge in [-0.05, 0) is 25.5 Å². The van der Waals surface area contributed by atoms with Gasteiger partial charge in [0.05, 0.1) is 18.8 Å². The molecule has 0 bridgehead atoms. The number of hydrogen-bond donors (Lipinski definition) is 2. The molecule has 1 fully saturated rings. The molecule has 0 saturated carbocycles. The van der Waals surface area contributed by atoms with Crippen molar-refractivity contribution in [1.29, 1.82) is 0 Å². The maximum absolute atomic E-state index is 11.9. The van der Waals surface area contributed by atoms with Crippen LogP contribution >= 0.6 is 0 Å². The van der Waals surface area contributed by atoms with Crippen molar-refractivity contribution in [1.82, 2.24) is 10.2 Å². The fourth-order valence-electron chi connectivity index (χ4n) is 2.48. The Hall–Kier alpha value is -1.69. The molecule has 1 aliphatic rings. The zero-order valence-electron chi connectivity index (χ0n) is 13.9. The highest BCUT2D eigenvalue weighted by atomic mass is 16.5. The molecule has 0 aliphatic carbocycles. The molecule has 5 nitrogen and oxygen atoms in total. The number of nitrogens with one attached hydrogen (secondary N) is 1. The average Bonchev–Trinajstić information content (AvgIpc) is 2.53. The van der Waals surface area contributed by atoms with E-state index >= 15 is 0 Å². The lowest BCUT2D eigenvalue weighted by atomic mass is 10.1. The van der Waals surface area contributed by atoms with E-state index in [1.165, 1.54) is 11.6 Å². The molecule has 1 unspecified atom stereocenters. The van der Waals surface area contributed by atoms with Gasteiger partial charge in [0.1, 0.15) is 0 Å². The largest absolute Gasteiger partial charge is 0.387 e. The molecular formula is C18H26N2O3. The van der Waals surface area contributed by atoms with E-state index in [1.807, 2.05) is 31.2 Å². The number of benzene rings is 1. The maximum Gasteiger partial charge on any atom is 0.244 e. The van der Waals surface area contributed by atoms with Crippen molar-refractivity contribution in [2.75, 3.05) is 39.4 Å². The van der Waals surface area contributed by atoms with Crippen LogP contribution in [0.2, 0.25) is 0 Å². The van der Waals surface area contributed by atoms with Gasteiger partial charge >= 0.3 is 0 Å². The number of carbonyl (C=O) groups excluding carboxylic acids is 1. The minimum absolute atomic E-state index is 0.201. The van der Waals surface area contributed by atoms with Crippen LogP contribution in [0.5, 0.6) is 0 Å². The smallest absolute Gasteiger partial charge is 0.244 e. The highest BCUT2D eigenvalue weighted by Gasteiger charge is 2.25. The summed E-state index contributed by atoms with van der Waals surface area (Å²) < 4.78 is 5.29. The van der Waals surface area contributed by atoms with E-state index in [2.05, 4.69) is 10.2 Å². The number of ether oxygens (including phenoxy) is 1. The van der Waals surface area contributed by atoms with Gasteiger partial charge in [0.2, 0.25) is 5.91 Å². The summed E-state index contributed by atoms with van der Waals surface area (Å²) in [4.78, 5) is 14.0. The number of hydrogen-bond acceptors (Lipinski definition) is 4. The third-order valence-corrected chi connectivity index (χ3v) is 3.82. The fraction of sp³-hybridized carbons (Fsp3) is 0.500. The van der Waals surface area contributed by atoms with Crippen LogP contribution < -0.4 is 5.32 Å². The first-order valence-electron chi connectivity index (χ1n) is 8.00. The van der Waals surface area contributed by atoms with Crippen molar-refractivity contribution in [2.24, 2.45) is 0 Å². The molecule has 1 amide bonds. The second kappa shape index (κ2) is 8.24. The van der Waals surface area contributed by atoms with Gasteiger partial charge in [-0.25, -0.2) is 0 Å². The number of amides is 1. The Labute approximate surface area is 137 Å². The number of nitrogens with zero attached hydrogens (tertiary/aromatic N) is 1. The third kappa shape index (κ3) is 6.52. The van der Waals surface area contributed by atoms with Crippen LogP contribution in [0.1, 0.15) is 18.1 Å². The first kappa shape index (κ1) is 17.7. The molecule has 2 N–H and O–H groups in total. The lowest BCUT2D eigenvalue weighted by Gasteiger charge is -2.33. The van der Waals surface area contributed by atoms with Crippen LogP contribution in [-0.2, 0) is 9.53 Å². The van der Waals surface area contributed by atoms with E-state index in [0.717, 1.165) is 18.7 Å². The Bertz CT molecular complexity index is 532. The lowest BCUT2D eigenvalue weighted by Crippen LogP contribution is -2.51. The van der Waals surface area contributed by atoms with Gasteiger partial charge in [0.15, 0.2) is 0 Å². The van der Waals surface area contributed by atoms with Crippen LogP contribution in [0.15, 0.2) is 30.3 Å². The Morgan fingerprint density at radius 3 is 2.65 bits per heavy atom. The quantitative estimate of drug-likeness (QED) is 0.774. The zero-order chi connectivity index (χ0) is 16.7. The number of carbonyl (C=O) groups is 1. The maximum atomic E-state index is 11.9. The van der Waals surface area contributed by atoms with Crippen molar-refractivity contribution in [2.45, 2.75) is 19.4 Å². The van der Waals surface area contributed by atoms with Crippen molar-refractivity contribution >= 4 is 12.0 Å². The first-order chi connectivity index (χ1) is 10.9. The first-order valence-corrected chi connectivity index (χ1v) is 8.00. The molecule has 1 aliphatic heterocycles. The minimum atomic E-state index is -0.954. The van der Waals surface area contributed by atoms with E-state index < -0.39 is 5.60 Å². The van der Waals surface area contributed by atoms with Gasteiger partial charge in [-0.15, -0.1) is 0 Å². The summed E-state index contributed by atoms with van der Waals surface area (Å²) in [6.45, 7) is 7.54. The van der Waals surface area contributed by atoms with Crippen LogP contribution in [0.4, 0.5) is 0 Å². The topological polar surface area (TPSA) is 61.8 Å². The molecule has 5 heteroatoms. The molecule has 1 aromatic rings. The summed E-state index contributed by atoms with van der Waals surface area (Å²) in [5.41, 5.74) is 1.21. The van der Waals surface area contributed by atoms with Crippen molar-refractivity contribution in [3.05, 3.63) is 41.5 Å². The Kier molecular flexibility index (Phi) is 6.33. The molecule has 0 radical (unpaired) electrons. The van der Waals surface area contributed by atoms with Gasteiger partial charge in [-0.1, -0.05) is 29.8 Å². The van der Waals surface area contributed by atoms with Gasteiger partial charge in [0.25, 0.3) is 0 Å². The standard InChI is InChI=1S/C18H26N2O3/c1-15-3-5-16(6-4-15)7-8-17(21)19-13-18(2,22)14-20-9-11-23-12-10-20/h3-8,22H,9-14H2,1-2H3,(H,19,21). The molecule has 1 saturated heterocycles. The highest BCUT2D eigenvalue weighted by Crippen LogP contribution is 2.08. The van der Waals surface area contributed by atoms with Crippen LogP contribution in [0.3, 0.4) is 0 Å². The molecule has 1 aromatic carbocycles. The van der Waals surface area contributed by atoms with Crippen molar-refractivity contribution < 1.29 is 14.6 Å². The Morgan fingerprint density at radius 1 is 1.35 bits per heavy atom. The summed E-state index contributed by atoms with van der Waals surface area (Å²) in [5, 5.41) is 13.2. The van der Waals surface area contributed by atoms with Gasteiger partial charge < -0.3 is 15.2 Å². The van der Waals surface area contributed by atoms with E-state index in [0.29, 0.717) is 19.8 Å². The van der Waals surface area contributed by atoms with Gasteiger partial charge in [0, 0.05) is 32.3 Å². The summed E-state index contributed by atoms with van der Waals surface area (Å²) >= 11 is 0. The number of aliphatic hydroxyl groups is 1. The second-order valence-corrected chi connectivity index (χ2v) is 6.35. The molecule has 2 rings (SSSR count). The highest BCUT2D eigenvalue weighted by molar-refractivity contribution is 5.91. The monoisotopic (exact) mass is 318 g/mol. The molecule has 1 atom stereocenters. The molecular weight excluding hydrogens is 292 g/mol. The number of rotatable bonds is 6. The minimum Gasteiger partial charge on any atom is -0.387 e. The van der Waals surface area contributed by atoms with Crippen LogP contribution in [-0.4, -0.2) is 60.9 Å². The van der Waals surface area contributed by atoms with E-state index in [4.69, 9.17) is 4.74 Å². The Morgan fingerprint density at radius 2 is 2.00 bits per heavy atom. The third-order valence-electron chi connectivity index (χ3n) is 3.82. The molecule has 0 spiro atoms. The average molecular weight is 318 g/mol. The van der Waals surface area contributed by atoms with Crippen molar-refractivity contribution in [3.8, 4) is 0 Å². The molecule has 23 heavy (non-hydrogen) atoms. The molecule has 0 aromatic heterocycles. The summed E-state index contributed by atoms with van der Waals surface area (Å²) in [6.07, 6.45) is 3.26. The predicted molar refractivity (Wildman–Crippen MR) is 91.1 cm³/mol. The number of β-amino-alcohol motifs (C(OH)–C–C–N with tert-alkyl or cyclic N) is 1. The summed E-state index contributed by atoms with van der Waals surface area (Å²) in [6, 6.07) is 7.94. The van der Waals surface area contributed by atoms with Crippen LogP contribution in [0.25, 0.3) is 6.08 Å². The number of aryl methyl sites for hydroxylation is 1. The van der Waals surface area contributed by atoms with E-state index in [9.17, 15) is 9.90 Å². The Balaban J connectivity index is 1.76. The summed E-state index contributed by atoms with van der Waals surface area (Å²) in [5.74, 6) is -0.201. The van der Waals surface area contributed by atoms with Crippen molar-refractivity contribution in [3.63, 3.8) is 0 Å². The van der Waals surface area contributed by atoms with Crippen LogP contribution in [0, 0.1) is 6.92 Å². The predicted octanol–water partition coefficient (Wildman–Crippen LogP) is 1.21. The van der Waals surface area contributed by atoms with E-state index in [1.54, 1.807) is 13.0 Å². The van der Waals surface area contributed by atoms with Gasteiger partial charge in [-0.3, -0.25) is 9.69 Å². The number of morpholine rings is 1. The van der Waals surface area contributed by atoms with E-state index in [-0.39, 0.29) is 12.5 Å².